The van der Waals surface area contributed by atoms with Gasteiger partial charge in [-0.25, -0.2) is 4.68 Å². The number of tetrazole rings is 1. The van der Waals surface area contributed by atoms with Crippen LogP contribution in [0.15, 0.2) is 24.3 Å². The van der Waals surface area contributed by atoms with Crippen molar-refractivity contribution in [3.63, 3.8) is 0 Å². The van der Waals surface area contributed by atoms with Crippen LogP contribution >= 0.6 is 0 Å². The summed E-state index contributed by atoms with van der Waals surface area (Å²) >= 11 is 0. The van der Waals surface area contributed by atoms with E-state index in [1.807, 2.05) is 28.9 Å². The number of nitrogen functional groups attached to an aromatic ring is 1. The van der Waals surface area contributed by atoms with Crippen molar-refractivity contribution in [2.75, 3.05) is 5.73 Å². The summed E-state index contributed by atoms with van der Waals surface area (Å²) in [4.78, 5) is 0. The zero-order valence-electron chi connectivity index (χ0n) is 10.3. The van der Waals surface area contributed by atoms with Crippen LogP contribution in [-0.2, 0) is 0 Å². The van der Waals surface area contributed by atoms with Crippen LogP contribution < -0.4 is 5.73 Å². The largest absolute Gasteiger partial charge is 0.399 e. The van der Waals surface area contributed by atoms with Crippen molar-refractivity contribution in [2.24, 2.45) is 0 Å². The van der Waals surface area contributed by atoms with Gasteiger partial charge in [-0.2, -0.15) is 0 Å². The van der Waals surface area contributed by atoms with Crippen molar-refractivity contribution in [3.05, 3.63) is 24.3 Å². The molecule has 3 rings (SSSR count). The third-order valence-corrected chi connectivity index (χ3v) is 3.56. The SMILES string of the molecule is Nc1cccc(-c2nnnn2C2CCCCC2)c1. The van der Waals surface area contributed by atoms with E-state index in [9.17, 15) is 0 Å². The van der Waals surface area contributed by atoms with Gasteiger partial charge >= 0.3 is 0 Å². The first kappa shape index (κ1) is 11.2. The topological polar surface area (TPSA) is 69.6 Å². The van der Waals surface area contributed by atoms with Crippen molar-refractivity contribution in [3.8, 4) is 11.4 Å². The summed E-state index contributed by atoms with van der Waals surface area (Å²) in [6, 6.07) is 8.17. The molecule has 94 valence electrons. The molecule has 1 saturated carbocycles. The molecule has 0 bridgehead atoms. The number of hydrogen-bond acceptors (Lipinski definition) is 4. The minimum absolute atomic E-state index is 0.435. The van der Waals surface area contributed by atoms with E-state index < -0.39 is 0 Å². The van der Waals surface area contributed by atoms with Gasteiger partial charge in [-0.3, -0.25) is 0 Å². The second kappa shape index (κ2) is 4.76. The summed E-state index contributed by atoms with van der Waals surface area (Å²) in [7, 11) is 0. The molecule has 2 aromatic rings. The fraction of sp³-hybridized carbons (Fsp3) is 0.462. The fourth-order valence-electron chi connectivity index (χ4n) is 2.63. The lowest BCUT2D eigenvalue weighted by Gasteiger charge is -2.22. The van der Waals surface area contributed by atoms with E-state index in [0.717, 1.165) is 17.1 Å². The Hall–Kier alpha value is -1.91. The minimum atomic E-state index is 0.435. The van der Waals surface area contributed by atoms with Gasteiger partial charge in [-0.05, 0) is 35.4 Å². The highest BCUT2D eigenvalue weighted by molar-refractivity contribution is 5.60. The molecule has 0 aliphatic heterocycles. The van der Waals surface area contributed by atoms with E-state index in [1.165, 1.54) is 32.1 Å². The van der Waals surface area contributed by atoms with Crippen LogP contribution in [0.5, 0.6) is 0 Å². The molecule has 5 heteroatoms. The molecule has 0 atom stereocenters. The quantitative estimate of drug-likeness (QED) is 0.822. The molecular weight excluding hydrogens is 226 g/mol. The molecule has 0 saturated heterocycles. The Kier molecular flexibility index (Phi) is 2.96. The summed E-state index contributed by atoms with van der Waals surface area (Å²) < 4.78 is 1.97. The van der Waals surface area contributed by atoms with Crippen molar-refractivity contribution >= 4 is 5.69 Å². The molecule has 1 aromatic heterocycles. The van der Waals surface area contributed by atoms with Crippen molar-refractivity contribution in [2.45, 2.75) is 38.1 Å². The lowest BCUT2D eigenvalue weighted by molar-refractivity contribution is 0.327. The highest BCUT2D eigenvalue weighted by Gasteiger charge is 2.20. The summed E-state index contributed by atoms with van der Waals surface area (Å²) in [5, 5.41) is 12.1. The van der Waals surface area contributed by atoms with Crippen molar-refractivity contribution in [1.82, 2.24) is 20.2 Å². The van der Waals surface area contributed by atoms with E-state index in [2.05, 4.69) is 15.5 Å². The number of aromatic nitrogens is 4. The lowest BCUT2D eigenvalue weighted by atomic mass is 9.95. The predicted octanol–water partition coefficient (Wildman–Crippen LogP) is 2.43. The van der Waals surface area contributed by atoms with Crippen molar-refractivity contribution < 1.29 is 0 Å². The molecule has 1 aromatic carbocycles. The molecule has 0 radical (unpaired) electrons. The molecule has 18 heavy (non-hydrogen) atoms. The fourth-order valence-corrected chi connectivity index (χ4v) is 2.63. The van der Waals surface area contributed by atoms with Crippen LogP contribution in [0.2, 0.25) is 0 Å². The van der Waals surface area contributed by atoms with Gasteiger partial charge in [0.1, 0.15) is 0 Å². The molecule has 1 heterocycles. The monoisotopic (exact) mass is 243 g/mol. The number of rotatable bonds is 2. The number of benzene rings is 1. The summed E-state index contributed by atoms with van der Waals surface area (Å²) in [5.41, 5.74) is 7.55. The lowest BCUT2D eigenvalue weighted by Crippen LogP contribution is -2.15. The smallest absolute Gasteiger partial charge is 0.182 e. The summed E-state index contributed by atoms with van der Waals surface area (Å²) in [6.45, 7) is 0. The number of anilines is 1. The van der Waals surface area contributed by atoms with Crippen LogP contribution in [0.4, 0.5) is 5.69 Å². The van der Waals surface area contributed by atoms with Crippen LogP contribution in [-0.4, -0.2) is 20.2 Å². The van der Waals surface area contributed by atoms with E-state index in [1.54, 1.807) is 0 Å². The molecule has 1 aliphatic carbocycles. The number of nitrogens with zero attached hydrogens (tertiary/aromatic N) is 4. The van der Waals surface area contributed by atoms with E-state index in [-0.39, 0.29) is 0 Å². The molecule has 0 spiro atoms. The Labute approximate surface area is 106 Å². The summed E-state index contributed by atoms with van der Waals surface area (Å²) in [5.74, 6) is 0.828. The zero-order chi connectivity index (χ0) is 12.4. The third-order valence-electron chi connectivity index (χ3n) is 3.56. The minimum Gasteiger partial charge on any atom is -0.399 e. The predicted molar refractivity (Wildman–Crippen MR) is 69.8 cm³/mol. The van der Waals surface area contributed by atoms with Gasteiger partial charge in [-0.1, -0.05) is 31.4 Å². The Bertz CT molecular complexity index is 528. The van der Waals surface area contributed by atoms with Gasteiger partial charge in [-0.15, -0.1) is 5.10 Å². The second-order valence-corrected chi connectivity index (χ2v) is 4.86. The maximum Gasteiger partial charge on any atom is 0.182 e. The van der Waals surface area contributed by atoms with Crippen molar-refractivity contribution in [1.29, 1.82) is 0 Å². The van der Waals surface area contributed by atoms with Gasteiger partial charge in [0.2, 0.25) is 0 Å². The molecule has 0 amide bonds. The first-order chi connectivity index (χ1) is 8.84. The van der Waals surface area contributed by atoms with E-state index in [0.29, 0.717) is 6.04 Å². The number of nitrogens with two attached hydrogens (primary N) is 1. The van der Waals surface area contributed by atoms with E-state index >= 15 is 0 Å². The van der Waals surface area contributed by atoms with Crippen LogP contribution in [0.1, 0.15) is 38.1 Å². The third kappa shape index (κ3) is 2.08. The zero-order valence-corrected chi connectivity index (χ0v) is 10.3. The first-order valence-corrected chi connectivity index (χ1v) is 6.48. The highest BCUT2D eigenvalue weighted by Crippen LogP contribution is 2.30. The van der Waals surface area contributed by atoms with Gasteiger partial charge in [0, 0.05) is 11.3 Å². The number of hydrogen-bond donors (Lipinski definition) is 1. The summed E-state index contributed by atoms with van der Waals surface area (Å²) in [6.07, 6.45) is 6.19. The van der Waals surface area contributed by atoms with Gasteiger partial charge in [0.05, 0.1) is 6.04 Å². The molecular formula is C13H17N5. The molecule has 0 unspecified atom stereocenters. The molecule has 1 fully saturated rings. The van der Waals surface area contributed by atoms with Crippen LogP contribution in [0.25, 0.3) is 11.4 Å². The molecule has 2 N–H and O–H groups in total. The van der Waals surface area contributed by atoms with Gasteiger partial charge in [0.25, 0.3) is 0 Å². The van der Waals surface area contributed by atoms with Crippen LogP contribution in [0.3, 0.4) is 0 Å². The van der Waals surface area contributed by atoms with E-state index in [4.69, 9.17) is 5.73 Å². The average Bonchev–Trinajstić information content (AvgIpc) is 2.89. The Balaban J connectivity index is 1.95. The van der Waals surface area contributed by atoms with Crippen LogP contribution in [0, 0.1) is 0 Å². The molecule has 5 nitrogen and oxygen atoms in total. The van der Waals surface area contributed by atoms with Gasteiger partial charge < -0.3 is 5.73 Å². The van der Waals surface area contributed by atoms with Gasteiger partial charge in [0.15, 0.2) is 5.82 Å². The maximum atomic E-state index is 5.82. The molecule has 1 aliphatic rings. The first-order valence-electron chi connectivity index (χ1n) is 6.48. The average molecular weight is 243 g/mol. The second-order valence-electron chi connectivity index (χ2n) is 4.86. The Morgan fingerprint density at radius 1 is 1.17 bits per heavy atom. The Morgan fingerprint density at radius 2 is 2.00 bits per heavy atom. The highest BCUT2D eigenvalue weighted by atomic mass is 15.5. The Morgan fingerprint density at radius 3 is 2.78 bits per heavy atom. The maximum absolute atomic E-state index is 5.82. The standard InChI is InChI=1S/C13H17N5/c14-11-6-4-5-10(9-11)13-15-16-17-18(13)12-7-2-1-3-8-12/h4-6,9,12H,1-3,7-8,14H2. The normalized spacial score (nSPS) is 16.9.